The minimum Gasteiger partial charge on any atom is -1.00 e. The lowest BCUT2D eigenvalue weighted by molar-refractivity contribution is -0.946. The number of fused-ring (bicyclic) bond motifs is 4. The second-order valence-electron chi connectivity index (χ2n) is 14.2. The van der Waals surface area contributed by atoms with Crippen molar-refractivity contribution in [3.63, 3.8) is 0 Å². The van der Waals surface area contributed by atoms with Crippen LogP contribution in [0.2, 0.25) is 0 Å². The summed E-state index contributed by atoms with van der Waals surface area (Å²) in [5.74, 6) is 0.816. The molecule has 3 atom stereocenters. The number of quaternary nitrogens is 1. The fourth-order valence-electron chi connectivity index (χ4n) is 8.13. The molecule has 7 rings (SSSR count). The van der Waals surface area contributed by atoms with Crippen LogP contribution >= 0.6 is 0 Å². The number of hydrogen-bond acceptors (Lipinski definition) is 10. The van der Waals surface area contributed by atoms with Gasteiger partial charge in [0.25, 0.3) is 5.91 Å². The van der Waals surface area contributed by atoms with Crippen molar-refractivity contribution < 1.29 is 65.3 Å². The normalized spacial score (nSPS) is 24.9. The van der Waals surface area contributed by atoms with Gasteiger partial charge in [0.2, 0.25) is 0 Å². The predicted molar refractivity (Wildman–Crippen MR) is 182 cm³/mol. The number of phenolic OH excluding ortho intramolecular Hbond substituents is 1. The van der Waals surface area contributed by atoms with Gasteiger partial charge in [0, 0.05) is 43.5 Å². The summed E-state index contributed by atoms with van der Waals surface area (Å²) in [7, 11) is 0. The van der Waals surface area contributed by atoms with Crippen molar-refractivity contribution in [2.45, 2.75) is 56.3 Å². The maximum atomic E-state index is 12.0. The van der Waals surface area contributed by atoms with E-state index in [1.165, 1.54) is 25.0 Å². The standard InChI is InChI=1S/C37H53N3O9.BrH/c41-30-20-31(36-32(21-30)39-35(43)24-48-36)33(42)22-38-12-16-45-18-19-47-26-46-17-15-40-13-10-27(11-14-40)34(23-40)49-25-37(44,29-8-4-5-9-29)28-6-2-1-3-7-28;/h1-3,6-7,20-21,27,29,33-34,38,42,44H,4-5,8-19,22-26H2,(H-,39,41,43);1H/t27?,33-,34-,37+,40?;/m0./s1. The number of amides is 1. The van der Waals surface area contributed by atoms with Gasteiger partial charge in [-0.2, -0.15) is 0 Å². The van der Waals surface area contributed by atoms with Crippen LogP contribution in [0.15, 0.2) is 42.5 Å². The van der Waals surface area contributed by atoms with E-state index >= 15 is 0 Å². The Morgan fingerprint density at radius 1 is 1.00 bits per heavy atom. The van der Waals surface area contributed by atoms with E-state index in [4.69, 9.17) is 23.7 Å². The van der Waals surface area contributed by atoms with Crippen molar-refractivity contribution >= 4 is 11.6 Å². The molecule has 50 heavy (non-hydrogen) atoms. The fraction of sp³-hybridized carbons (Fsp3) is 0.649. The number of hydrogen-bond donors (Lipinski definition) is 5. The van der Waals surface area contributed by atoms with E-state index in [1.807, 2.05) is 18.2 Å². The van der Waals surface area contributed by atoms with Crippen LogP contribution in [0.1, 0.15) is 55.8 Å². The van der Waals surface area contributed by atoms with E-state index < -0.39 is 11.7 Å². The number of piperidine rings is 3. The molecule has 1 aliphatic carbocycles. The van der Waals surface area contributed by atoms with Crippen LogP contribution in [-0.4, -0.2) is 118 Å². The molecule has 3 saturated heterocycles. The van der Waals surface area contributed by atoms with Crippen LogP contribution < -0.4 is 32.4 Å². The summed E-state index contributed by atoms with van der Waals surface area (Å²) in [6, 6.07) is 13.0. The number of aromatic hydroxyl groups is 1. The number of halogens is 1. The molecule has 1 saturated carbocycles. The van der Waals surface area contributed by atoms with Gasteiger partial charge in [0.15, 0.2) is 6.61 Å². The van der Waals surface area contributed by atoms with Crippen molar-refractivity contribution in [3.05, 3.63) is 53.6 Å². The predicted octanol–water partition coefficient (Wildman–Crippen LogP) is 0.0610. The molecule has 13 heteroatoms. The Bertz CT molecular complexity index is 1360. The Morgan fingerprint density at radius 3 is 2.52 bits per heavy atom. The zero-order valence-electron chi connectivity index (χ0n) is 28.9. The van der Waals surface area contributed by atoms with Gasteiger partial charge in [0.05, 0.1) is 57.9 Å². The number of aliphatic hydroxyl groups is 2. The summed E-state index contributed by atoms with van der Waals surface area (Å²) in [6.07, 6.45) is 6.02. The number of phenols is 1. The van der Waals surface area contributed by atoms with Crippen LogP contribution in [-0.2, 0) is 29.3 Å². The van der Waals surface area contributed by atoms with E-state index in [9.17, 15) is 20.1 Å². The summed E-state index contributed by atoms with van der Waals surface area (Å²) >= 11 is 0. The molecule has 4 fully saturated rings. The van der Waals surface area contributed by atoms with Gasteiger partial charge in [-0.1, -0.05) is 43.2 Å². The number of anilines is 1. The highest BCUT2D eigenvalue weighted by atomic mass is 79.9. The molecule has 0 radical (unpaired) electrons. The number of aliphatic hydroxyl groups excluding tert-OH is 1. The van der Waals surface area contributed by atoms with Gasteiger partial charge in [-0.05, 0) is 30.4 Å². The number of benzene rings is 2. The van der Waals surface area contributed by atoms with Gasteiger partial charge in [-0.3, -0.25) is 4.79 Å². The van der Waals surface area contributed by atoms with E-state index in [0.29, 0.717) is 62.5 Å². The first-order valence-corrected chi connectivity index (χ1v) is 18.0. The highest BCUT2D eigenvalue weighted by molar-refractivity contribution is 5.96. The van der Waals surface area contributed by atoms with Crippen molar-refractivity contribution in [2.24, 2.45) is 11.8 Å². The molecule has 2 bridgehead atoms. The monoisotopic (exact) mass is 763 g/mol. The molecule has 2 aromatic rings. The van der Waals surface area contributed by atoms with E-state index in [2.05, 4.69) is 22.8 Å². The quantitative estimate of drug-likeness (QED) is 0.0757. The van der Waals surface area contributed by atoms with Crippen molar-refractivity contribution in [1.82, 2.24) is 5.32 Å². The Balaban J connectivity index is 0.00000486. The number of carbonyl (C=O) groups excluding carboxylic acids is 1. The van der Waals surface area contributed by atoms with Crippen LogP contribution in [0.4, 0.5) is 5.69 Å². The lowest BCUT2D eigenvalue weighted by atomic mass is 9.80. The molecule has 278 valence electrons. The molecule has 4 heterocycles. The van der Waals surface area contributed by atoms with Gasteiger partial charge in [-0.25, -0.2) is 0 Å². The van der Waals surface area contributed by atoms with Crippen molar-refractivity contribution in [3.8, 4) is 11.5 Å². The first kappa shape index (κ1) is 38.9. The Morgan fingerprint density at radius 2 is 1.74 bits per heavy atom. The third-order valence-electron chi connectivity index (χ3n) is 11.0. The third-order valence-corrected chi connectivity index (χ3v) is 11.0. The zero-order valence-corrected chi connectivity index (χ0v) is 30.5. The molecule has 0 unspecified atom stereocenters. The van der Waals surface area contributed by atoms with Gasteiger partial charge < -0.3 is 71.1 Å². The number of nitrogens with zero attached hydrogens (tertiary/aromatic N) is 1. The summed E-state index contributed by atoms with van der Waals surface area (Å²) in [5, 5.41) is 38.3. The molecule has 5 aliphatic rings. The van der Waals surface area contributed by atoms with Crippen molar-refractivity contribution in [2.75, 3.05) is 91.0 Å². The molecule has 2 aromatic carbocycles. The molecule has 1 amide bonds. The second kappa shape index (κ2) is 18.4. The van der Waals surface area contributed by atoms with Crippen LogP contribution in [0.25, 0.3) is 0 Å². The van der Waals surface area contributed by atoms with Gasteiger partial charge in [-0.15, -0.1) is 0 Å². The first-order chi connectivity index (χ1) is 23.9. The largest absolute Gasteiger partial charge is 1.00 e. The molecular formula is C37H54BrN3O9. The second-order valence-corrected chi connectivity index (χ2v) is 14.2. The van der Waals surface area contributed by atoms with E-state index in [0.717, 1.165) is 61.9 Å². The molecule has 5 N–H and O–H groups in total. The summed E-state index contributed by atoms with van der Waals surface area (Å²) in [4.78, 5) is 11.6. The summed E-state index contributed by atoms with van der Waals surface area (Å²) in [5.41, 5.74) is 0.811. The lowest BCUT2D eigenvalue weighted by Gasteiger charge is -2.52. The average Bonchev–Trinajstić information content (AvgIpc) is 3.67. The van der Waals surface area contributed by atoms with Gasteiger partial charge >= 0.3 is 0 Å². The van der Waals surface area contributed by atoms with Gasteiger partial charge in [0.1, 0.15) is 43.1 Å². The number of nitrogens with one attached hydrogen (secondary N) is 2. The maximum Gasteiger partial charge on any atom is 0.262 e. The van der Waals surface area contributed by atoms with E-state index in [-0.39, 0.29) is 60.6 Å². The number of rotatable bonds is 19. The molecule has 0 aromatic heterocycles. The summed E-state index contributed by atoms with van der Waals surface area (Å²) in [6.45, 7) is 7.33. The van der Waals surface area contributed by atoms with E-state index in [1.54, 1.807) is 0 Å². The van der Waals surface area contributed by atoms with Crippen LogP contribution in [0.3, 0.4) is 0 Å². The fourth-order valence-corrected chi connectivity index (χ4v) is 8.13. The highest BCUT2D eigenvalue weighted by Gasteiger charge is 2.48. The molecule has 0 spiro atoms. The number of ether oxygens (including phenoxy) is 5. The maximum absolute atomic E-state index is 12.0. The average molecular weight is 765 g/mol. The zero-order chi connectivity index (χ0) is 34.1. The topological polar surface area (TPSA) is 148 Å². The van der Waals surface area contributed by atoms with Crippen LogP contribution in [0.5, 0.6) is 11.5 Å². The third kappa shape index (κ3) is 9.75. The first-order valence-electron chi connectivity index (χ1n) is 18.0. The SMILES string of the molecule is O=C1COc2c(cc(O)cc2[C@@H](O)CNCCOCCOCOCC[N+]23CCC(CC2)[C@@H](OC[C@@](O)(c2ccccc2)C2CCCC2)C3)N1.[Br-]. The minimum absolute atomic E-state index is 0. The Kier molecular flexibility index (Phi) is 14.3. The van der Waals surface area contributed by atoms with Crippen LogP contribution in [0, 0.1) is 11.8 Å². The minimum atomic E-state index is -0.933. The molecule has 4 aliphatic heterocycles. The summed E-state index contributed by atoms with van der Waals surface area (Å²) < 4.78 is 30.2. The Hall–Kier alpha value is -2.33. The molecular weight excluding hydrogens is 710 g/mol. The number of carbonyl (C=O) groups is 1. The highest BCUT2D eigenvalue weighted by Crippen LogP contribution is 2.43. The Labute approximate surface area is 305 Å². The smallest absolute Gasteiger partial charge is 0.262 e. The molecule has 12 nitrogen and oxygen atoms in total. The van der Waals surface area contributed by atoms with Crippen molar-refractivity contribution in [1.29, 1.82) is 0 Å². The lowest BCUT2D eigenvalue weighted by Crippen LogP contribution is -3.00.